The van der Waals surface area contributed by atoms with Gasteiger partial charge in [0.2, 0.25) is 0 Å². The number of rotatable bonds is 9. The number of carboxylic acids is 1. The molecule has 1 aromatic rings. The van der Waals surface area contributed by atoms with Crippen molar-refractivity contribution in [3.63, 3.8) is 0 Å². The quantitative estimate of drug-likeness (QED) is 0.556. The minimum Gasteiger partial charge on any atom is -0.494 e. The van der Waals surface area contributed by atoms with E-state index in [9.17, 15) is 14.7 Å². The standard InChI is InChI=1S/C21H34N2O5/c1-20(2,3)22-12-7-13-27-16-10-8-15(9-11-16)14-17(18(24)25)23-19(26)28-21(4,5)6/h8-11,17,22H,7,12-14H2,1-6H3,(H,23,26)(H,24,25)/t17-/m0/s1. The molecule has 158 valence electrons. The van der Waals surface area contributed by atoms with Crippen LogP contribution in [0.5, 0.6) is 5.75 Å². The first kappa shape index (κ1) is 23.8. The van der Waals surface area contributed by atoms with Gasteiger partial charge in [0, 0.05) is 12.0 Å². The number of benzene rings is 1. The topological polar surface area (TPSA) is 96.9 Å². The molecule has 0 saturated carbocycles. The first-order chi connectivity index (χ1) is 12.9. The highest BCUT2D eigenvalue weighted by molar-refractivity contribution is 5.80. The maximum absolute atomic E-state index is 11.8. The highest BCUT2D eigenvalue weighted by Crippen LogP contribution is 2.14. The predicted octanol–water partition coefficient (Wildman–Crippen LogP) is 3.36. The van der Waals surface area contributed by atoms with E-state index >= 15 is 0 Å². The van der Waals surface area contributed by atoms with E-state index in [0.29, 0.717) is 6.61 Å². The van der Waals surface area contributed by atoms with Crippen molar-refractivity contribution in [2.45, 2.75) is 71.6 Å². The van der Waals surface area contributed by atoms with Crippen LogP contribution in [0.25, 0.3) is 0 Å². The summed E-state index contributed by atoms with van der Waals surface area (Å²) < 4.78 is 10.8. The number of amides is 1. The summed E-state index contributed by atoms with van der Waals surface area (Å²) in [5, 5.41) is 15.2. The van der Waals surface area contributed by atoms with Crippen molar-refractivity contribution < 1.29 is 24.2 Å². The Kier molecular flexibility index (Phi) is 8.75. The van der Waals surface area contributed by atoms with Gasteiger partial charge in [-0.1, -0.05) is 12.1 Å². The van der Waals surface area contributed by atoms with Gasteiger partial charge in [0.15, 0.2) is 0 Å². The monoisotopic (exact) mass is 394 g/mol. The molecule has 7 heteroatoms. The van der Waals surface area contributed by atoms with E-state index in [-0.39, 0.29) is 12.0 Å². The molecule has 0 aliphatic rings. The molecule has 1 aromatic carbocycles. The Balaban J connectivity index is 2.50. The van der Waals surface area contributed by atoms with Crippen molar-refractivity contribution in [1.29, 1.82) is 0 Å². The number of alkyl carbamates (subject to hydrolysis) is 1. The minimum atomic E-state index is -1.11. The SMILES string of the molecule is CC(C)(C)NCCCOc1ccc(C[C@H](NC(=O)OC(C)(C)C)C(=O)O)cc1. The number of hydrogen-bond donors (Lipinski definition) is 3. The number of carbonyl (C=O) groups excluding carboxylic acids is 1. The second kappa shape index (κ2) is 10.3. The summed E-state index contributed by atoms with van der Waals surface area (Å²) in [5.41, 5.74) is 0.190. The van der Waals surface area contributed by atoms with Gasteiger partial charge in [0.25, 0.3) is 0 Å². The van der Waals surface area contributed by atoms with Crippen LogP contribution in [0.1, 0.15) is 53.5 Å². The van der Waals surface area contributed by atoms with Gasteiger partial charge in [-0.25, -0.2) is 9.59 Å². The Morgan fingerprint density at radius 1 is 1.07 bits per heavy atom. The van der Waals surface area contributed by atoms with E-state index in [2.05, 4.69) is 31.4 Å². The minimum absolute atomic E-state index is 0.0929. The molecule has 0 aliphatic carbocycles. The Hall–Kier alpha value is -2.28. The van der Waals surface area contributed by atoms with Crippen LogP contribution >= 0.6 is 0 Å². The molecule has 1 amide bonds. The maximum Gasteiger partial charge on any atom is 0.408 e. The molecule has 1 atom stereocenters. The zero-order chi connectivity index (χ0) is 21.4. The summed E-state index contributed by atoms with van der Waals surface area (Å²) in [4.78, 5) is 23.3. The van der Waals surface area contributed by atoms with Gasteiger partial charge >= 0.3 is 12.1 Å². The number of aliphatic carboxylic acids is 1. The second-order valence-corrected chi connectivity index (χ2v) is 8.76. The summed E-state index contributed by atoms with van der Waals surface area (Å²) in [6.45, 7) is 13.0. The number of ether oxygens (including phenoxy) is 2. The summed E-state index contributed by atoms with van der Waals surface area (Å²) in [6.07, 6.45) is 0.299. The first-order valence-corrected chi connectivity index (χ1v) is 9.55. The van der Waals surface area contributed by atoms with Crippen molar-refractivity contribution >= 4 is 12.1 Å². The van der Waals surface area contributed by atoms with Crippen molar-refractivity contribution in [1.82, 2.24) is 10.6 Å². The summed E-state index contributed by atoms with van der Waals surface area (Å²) >= 11 is 0. The lowest BCUT2D eigenvalue weighted by molar-refractivity contribution is -0.139. The van der Waals surface area contributed by atoms with Crippen molar-refractivity contribution in [3.8, 4) is 5.75 Å². The summed E-state index contributed by atoms with van der Waals surface area (Å²) in [7, 11) is 0. The molecule has 0 aliphatic heterocycles. The van der Waals surface area contributed by atoms with Gasteiger partial charge in [0.1, 0.15) is 17.4 Å². The molecule has 0 radical (unpaired) electrons. The zero-order valence-electron chi connectivity index (χ0n) is 17.8. The lowest BCUT2D eigenvalue weighted by Gasteiger charge is -2.22. The molecular formula is C21H34N2O5. The molecule has 0 saturated heterocycles. The van der Waals surface area contributed by atoms with Gasteiger partial charge in [0.05, 0.1) is 6.61 Å². The lowest BCUT2D eigenvalue weighted by atomic mass is 10.1. The van der Waals surface area contributed by atoms with Crippen LogP contribution in [0.2, 0.25) is 0 Å². The third-order valence-corrected chi connectivity index (χ3v) is 3.60. The highest BCUT2D eigenvalue weighted by Gasteiger charge is 2.24. The Labute approximate surface area is 167 Å². The van der Waals surface area contributed by atoms with Crippen LogP contribution in [0, 0.1) is 0 Å². The predicted molar refractivity (Wildman–Crippen MR) is 109 cm³/mol. The van der Waals surface area contributed by atoms with Crippen LogP contribution in [0.15, 0.2) is 24.3 Å². The van der Waals surface area contributed by atoms with Gasteiger partial charge in [-0.15, -0.1) is 0 Å². The molecule has 0 unspecified atom stereocenters. The molecular weight excluding hydrogens is 360 g/mol. The normalized spacial score (nSPS) is 12.9. The Morgan fingerprint density at radius 3 is 2.18 bits per heavy atom. The van der Waals surface area contributed by atoms with Crippen molar-refractivity contribution in [2.75, 3.05) is 13.2 Å². The first-order valence-electron chi connectivity index (χ1n) is 9.55. The van der Waals surface area contributed by atoms with Crippen LogP contribution in [0.4, 0.5) is 4.79 Å². The fourth-order valence-electron chi connectivity index (χ4n) is 2.33. The van der Waals surface area contributed by atoms with Crippen LogP contribution < -0.4 is 15.4 Å². The van der Waals surface area contributed by atoms with Gasteiger partial charge in [-0.2, -0.15) is 0 Å². The number of carboxylic acid groups (broad SMARTS) is 1. The lowest BCUT2D eigenvalue weighted by Crippen LogP contribution is -2.44. The Bertz CT molecular complexity index is 630. The fourth-order valence-corrected chi connectivity index (χ4v) is 2.33. The fraction of sp³-hybridized carbons (Fsp3) is 0.619. The molecule has 1 rings (SSSR count). The zero-order valence-corrected chi connectivity index (χ0v) is 17.8. The third kappa shape index (κ3) is 10.8. The van der Waals surface area contributed by atoms with Crippen LogP contribution in [0.3, 0.4) is 0 Å². The van der Waals surface area contributed by atoms with E-state index in [1.165, 1.54) is 0 Å². The van der Waals surface area contributed by atoms with E-state index in [0.717, 1.165) is 24.3 Å². The molecule has 3 N–H and O–H groups in total. The molecule has 0 aromatic heterocycles. The largest absolute Gasteiger partial charge is 0.494 e. The molecule has 0 spiro atoms. The number of nitrogens with one attached hydrogen (secondary N) is 2. The van der Waals surface area contributed by atoms with Gasteiger partial charge < -0.3 is 25.2 Å². The summed E-state index contributed by atoms with van der Waals surface area (Å²) in [5.74, 6) is -0.385. The number of hydrogen-bond acceptors (Lipinski definition) is 5. The van der Waals surface area contributed by atoms with Crippen molar-refractivity contribution in [3.05, 3.63) is 29.8 Å². The second-order valence-electron chi connectivity index (χ2n) is 8.76. The number of carbonyl (C=O) groups is 2. The van der Waals surface area contributed by atoms with Crippen LogP contribution in [-0.4, -0.2) is 47.5 Å². The molecule has 0 heterocycles. The summed E-state index contributed by atoms with van der Waals surface area (Å²) in [6, 6.07) is 6.15. The van der Waals surface area contributed by atoms with Gasteiger partial charge in [-0.05, 0) is 72.2 Å². The van der Waals surface area contributed by atoms with E-state index < -0.39 is 23.7 Å². The van der Waals surface area contributed by atoms with E-state index in [1.807, 2.05) is 0 Å². The van der Waals surface area contributed by atoms with E-state index in [1.54, 1.807) is 45.0 Å². The smallest absolute Gasteiger partial charge is 0.408 e. The average Bonchev–Trinajstić information content (AvgIpc) is 2.52. The van der Waals surface area contributed by atoms with E-state index in [4.69, 9.17) is 9.47 Å². The highest BCUT2D eigenvalue weighted by atomic mass is 16.6. The van der Waals surface area contributed by atoms with Gasteiger partial charge in [-0.3, -0.25) is 0 Å². The molecule has 7 nitrogen and oxygen atoms in total. The Morgan fingerprint density at radius 2 is 1.68 bits per heavy atom. The maximum atomic E-state index is 11.8. The van der Waals surface area contributed by atoms with Crippen LogP contribution in [-0.2, 0) is 16.0 Å². The van der Waals surface area contributed by atoms with Crippen molar-refractivity contribution in [2.24, 2.45) is 0 Å². The average molecular weight is 395 g/mol. The third-order valence-electron chi connectivity index (χ3n) is 3.60. The molecule has 0 bridgehead atoms. The molecule has 0 fully saturated rings. The molecule has 28 heavy (non-hydrogen) atoms.